The number of ether oxygens (including phenoxy) is 1. The van der Waals surface area contributed by atoms with Gasteiger partial charge in [0.25, 0.3) is 0 Å². The summed E-state index contributed by atoms with van der Waals surface area (Å²) in [6, 6.07) is 10.4. The topological polar surface area (TPSA) is 39.2 Å². The number of benzene rings is 1. The maximum Gasteiger partial charge on any atom is 0.201 e. The molecule has 0 radical (unpaired) electrons. The van der Waals surface area contributed by atoms with E-state index < -0.39 is 0 Å². The van der Waals surface area contributed by atoms with Crippen LogP contribution >= 0.6 is 11.6 Å². The molecule has 3 nitrogen and oxygen atoms in total. The van der Waals surface area contributed by atoms with Crippen LogP contribution in [0, 0.1) is 6.92 Å². The van der Waals surface area contributed by atoms with E-state index in [1.54, 1.807) is 42.6 Å². The summed E-state index contributed by atoms with van der Waals surface area (Å²) in [6.07, 6.45) is 1.56. The van der Waals surface area contributed by atoms with Gasteiger partial charge in [-0.3, -0.25) is 9.78 Å². The van der Waals surface area contributed by atoms with Crippen LogP contribution in [-0.4, -0.2) is 17.4 Å². The fraction of sp³-hybridized carbons (Fsp3) is 0.143. The van der Waals surface area contributed by atoms with Crippen LogP contribution in [0.2, 0.25) is 5.02 Å². The summed E-state index contributed by atoms with van der Waals surface area (Å²) >= 11 is 5.75. The second kappa shape index (κ2) is 5.65. The van der Waals surface area contributed by atoms with Crippen molar-refractivity contribution < 1.29 is 9.53 Å². The van der Waals surface area contributed by atoms with Crippen molar-refractivity contribution in [2.75, 3.05) is 6.61 Å². The van der Waals surface area contributed by atoms with Crippen molar-refractivity contribution in [2.24, 2.45) is 0 Å². The van der Waals surface area contributed by atoms with Gasteiger partial charge in [0.2, 0.25) is 5.78 Å². The lowest BCUT2D eigenvalue weighted by Gasteiger charge is -2.05. The molecule has 0 unspecified atom stereocenters. The Morgan fingerprint density at radius 2 is 1.94 bits per heavy atom. The molecule has 2 rings (SSSR count). The standard InChI is InChI=1S/C14H12ClNO2/c1-10-2-3-11(8-16-10)14(17)9-18-13-6-4-12(15)5-7-13/h2-8H,9H2,1H3. The van der Waals surface area contributed by atoms with Crippen molar-refractivity contribution >= 4 is 17.4 Å². The Labute approximate surface area is 110 Å². The highest BCUT2D eigenvalue weighted by molar-refractivity contribution is 6.30. The highest BCUT2D eigenvalue weighted by Crippen LogP contribution is 2.15. The van der Waals surface area contributed by atoms with Gasteiger partial charge in [-0.05, 0) is 43.3 Å². The second-order valence-corrected chi connectivity index (χ2v) is 4.29. The zero-order valence-electron chi connectivity index (χ0n) is 9.89. The number of carbonyl (C=O) groups is 1. The molecule has 1 heterocycles. The van der Waals surface area contributed by atoms with Gasteiger partial charge < -0.3 is 4.74 Å². The van der Waals surface area contributed by atoms with Crippen LogP contribution in [0.15, 0.2) is 42.6 Å². The summed E-state index contributed by atoms with van der Waals surface area (Å²) in [5.41, 5.74) is 1.43. The van der Waals surface area contributed by atoms with Crippen molar-refractivity contribution in [2.45, 2.75) is 6.92 Å². The largest absolute Gasteiger partial charge is 0.485 e. The number of hydrogen-bond acceptors (Lipinski definition) is 3. The van der Waals surface area contributed by atoms with Crippen LogP contribution in [-0.2, 0) is 0 Å². The molecule has 0 spiro atoms. The molecule has 4 heteroatoms. The highest BCUT2D eigenvalue weighted by Gasteiger charge is 2.07. The molecule has 0 aliphatic rings. The van der Waals surface area contributed by atoms with Gasteiger partial charge in [0.1, 0.15) is 5.75 Å². The SMILES string of the molecule is Cc1ccc(C(=O)COc2ccc(Cl)cc2)cn1. The van der Waals surface area contributed by atoms with Crippen LogP contribution in [0.4, 0.5) is 0 Å². The predicted molar refractivity (Wildman–Crippen MR) is 70.3 cm³/mol. The molecule has 0 aliphatic carbocycles. The number of rotatable bonds is 4. The Morgan fingerprint density at radius 1 is 1.22 bits per heavy atom. The number of carbonyl (C=O) groups excluding carboxylic acids is 1. The van der Waals surface area contributed by atoms with E-state index in [2.05, 4.69) is 4.98 Å². The van der Waals surface area contributed by atoms with Crippen molar-refractivity contribution in [3.8, 4) is 5.75 Å². The summed E-state index contributed by atoms with van der Waals surface area (Å²) in [6.45, 7) is 1.87. The van der Waals surface area contributed by atoms with E-state index in [0.29, 0.717) is 16.3 Å². The van der Waals surface area contributed by atoms with Crippen molar-refractivity contribution in [3.63, 3.8) is 0 Å². The predicted octanol–water partition coefficient (Wildman–Crippen LogP) is 3.31. The lowest BCUT2D eigenvalue weighted by Crippen LogP contribution is -2.11. The minimum Gasteiger partial charge on any atom is -0.485 e. The third-order valence-corrected chi connectivity index (χ3v) is 2.67. The molecule has 0 N–H and O–H groups in total. The molecule has 0 bridgehead atoms. The zero-order valence-corrected chi connectivity index (χ0v) is 10.6. The molecule has 0 fully saturated rings. The molecule has 18 heavy (non-hydrogen) atoms. The maximum atomic E-state index is 11.8. The highest BCUT2D eigenvalue weighted by atomic mass is 35.5. The van der Waals surface area contributed by atoms with Crippen LogP contribution in [0.3, 0.4) is 0 Å². The number of ketones is 1. The number of nitrogens with zero attached hydrogens (tertiary/aromatic N) is 1. The number of aromatic nitrogens is 1. The van der Waals surface area contributed by atoms with Crippen molar-refractivity contribution in [1.82, 2.24) is 4.98 Å². The quantitative estimate of drug-likeness (QED) is 0.793. The minimum absolute atomic E-state index is 0.00757. The average molecular weight is 262 g/mol. The number of pyridine rings is 1. The molecule has 1 aromatic carbocycles. The summed E-state index contributed by atoms with van der Waals surface area (Å²) < 4.78 is 5.37. The summed E-state index contributed by atoms with van der Waals surface area (Å²) in [7, 11) is 0. The smallest absolute Gasteiger partial charge is 0.201 e. The van der Waals surface area contributed by atoms with Crippen LogP contribution < -0.4 is 4.74 Å². The van der Waals surface area contributed by atoms with Gasteiger partial charge in [0.15, 0.2) is 6.61 Å². The van der Waals surface area contributed by atoms with Gasteiger partial charge >= 0.3 is 0 Å². The van der Waals surface area contributed by atoms with Crippen LogP contribution in [0.25, 0.3) is 0 Å². The Hall–Kier alpha value is -1.87. The van der Waals surface area contributed by atoms with E-state index in [4.69, 9.17) is 16.3 Å². The Bertz CT molecular complexity index is 535. The summed E-state index contributed by atoms with van der Waals surface area (Å²) in [4.78, 5) is 15.9. The summed E-state index contributed by atoms with van der Waals surface area (Å²) in [5.74, 6) is 0.519. The molecular weight excluding hydrogens is 250 g/mol. The Kier molecular flexibility index (Phi) is 3.95. The van der Waals surface area contributed by atoms with Crippen molar-refractivity contribution in [3.05, 3.63) is 58.9 Å². The van der Waals surface area contributed by atoms with Crippen molar-refractivity contribution in [1.29, 1.82) is 0 Å². The second-order valence-electron chi connectivity index (χ2n) is 3.85. The molecule has 0 atom stereocenters. The molecule has 1 aromatic heterocycles. The maximum absolute atomic E-state index is 11.8. The molecule has 2 aromatic rings. The Balaban J connectivity index is 1.96. The van der Waals surface area contributed by atoms with Gasteiger partial charge in [0.05, 0.1) is 0 Å². The Morgan fingerprint density at radius 3 is 2.56 bits per heavy atom. The van der Waals surface area contributed by atoms with E-state index in [-0.39, 0.29) is 12.4 Å². The fourth-order valence-corrected chi connectivity index (χ4v) is 1.52. The first-order chi connectivity index (χ1) is 8.65. The minimum atomic E-state index is -0.0996. The van der Waals surface area contributed by atoms with Gasteiger partial charge in [-0.1, -0.05) is 11.6 Å². The number of halogens is 1. The third-order valence-electron chi connectivity index (χ3n) is 2.42. The van der Waals surface area contributed by atoms with Gasteiger partial charge in [-0.2, -0.15) is 0 Å². The van der Waals surface area contributed by atoms with Gasteiger partial charge in [-0.15, -0.1) is 0 Å². The lowest BCUT2D eigenvalue weighted by atomic mass is 10.2. The number of aryl methyl sites for hydroxylation is 1. The molecule has 0 saturated heterocycles. The molecule has 0 saturated carbocycles. The van der Waals surface area contributed by atoms with Gasteiger partial charge in [0, 0.05) is 22.5 Å². The first-order valence-electron chi connectivity index (χ1n) is 5.49. The van der Waals surface area contributed by atoms with E-state index in [0.717, 1.165) is 5.69 Å². The third kappa shape index (κ3) is 3.31. The first kappa shape index (κ1) is 12.6. The fourth-order valence-electron chi connectivity index (χ4n) is 1.40. The first-order valence-corrected chi connectivity index (χ1v) is 5.87. The molecule has 0 amide bonds. The summed E-state index contributed by atoms with van der Waals surface area (Å²) in [5, 5.41) is 0.636. The lowest BCUT2D eigenvalue weighted by molar-refractivity contribution is 0.0921. The molecule has 92 valence electrons. The monoisotopic (exact) mass is 261 g/mol. The van der Waals surface area contributed by atoms with Gasteiger partial charge in [-0.25, -0.2) is 0 Å². The molecular formula is C14H12ClNO2. The van der Waals surface area contributed by atoms with E-state index in [1.807, 2.05) is 6.92 Å². The molecule has 0 aliphatic heterocycles. The van der Waals surface area contributed by atoms with Crippen LogP contribution in [0.1, 0.15) is 16.1 Å². The van der Waals surface area contributed by atoms with Crippen LogP contribution in [0.5, 0.6) is 5.75 Å². The van der Waals surface area contributed by atoms with E-state index in [9.17, 15) is 4.79 Å². The normalized spacial score (nSPS) is 10.1. The number of Topliss-reactive ketones (excluding diaryl/α,β-unsaturated/α-hetero) is 1. The number of hydrogen-bond donors (Lipinski definition) is 0. The van der Waals surface area contributed by atoms with E-state index in [1.165, 1.54) is 0 Å². The zero-order chi connectivity index (χ0) is 13.0. The van der Waals surface area contributed by atoms with E-state index >= 15 is 0 Å². The average Bonchev–Trinajstić information content (AvgIpc) is 2.38.